The van der Waals surface area contributed by atoms with Gasteiger partial charge in [0.1, 0.15) is 5.82 Å². The summed E-state index contributed by atoms with van der Waals surface area (Å²) in [5.41, 5.74) is 8.22. The van der Waals surface area contributed by atoms with Crippen molar-refractivity contribution in [1.29, 1.82) is 5.26 Å². The van der Waals surface area contributed by atoms with Crippen LogP contribution in [-0.4, -0.2) is 15.0 Å². The number of nitriles is 1. The van der Waals surface area contributed by atoms with E-state index in [9.17, 15) is 0 Å². The number of H-pyrrole nitrogens is 1. The molecule has 5 aromatic rings. The van der Waals surface area contributed by atoms with Gasteiger partial charge in [-0.2, -0.15) is 10.2 Å². The first-order valence-corrected chi connectivity index (χ1v) is 10.6. The summed E-state index contributed by atoms with van der Waals surface area (Å²) in [7, 11) is 0. The molecule has 0 atom stereocenters. The lowest BCUT2D eigenvalue weighted by molar-refractivity contribution is 1.16. The average molecular weight is 431 g/mol. The lowest BCUT2D eigenvalue weighted by atomic mass is 9.98. The maximum absolute atomic E-state index is 8.95. The number of aromatic amines is 1. The quantitative estimate of drug-likeness (QED) is 0.292. The Bertz CT molecular complexity index is 1470. The molecule has 0 bridgehead atoms. The molecule has 3 N–H and O–H groups in total. The Morgan fingerprint density at radius 3 is 2.39 bits per heavy atom. The van der Waals surface area contributed by atoms with Gasteiger partial charge in [0.2, 0.25) is 5.95 Å². The van der Waals surface area contributed by atoms with Gasteiger partial charge in [0.05, 0.1) is 11.6 Å². The van der Waals surface area contributed by atoms with Gasteiger partial charge in [0.15, 0.2) is 0 Å². The highest BCUT2D eigenvalue weighted by Crippen LogP contribution is 2.31. The van der Waals surface area contributed by atoms with Gasteiger partial charge in [-0.05, 0) is 96.1 Å². The zero-order valence-corrected chi connectivity index (χ0v) is 18.3. The summed E-state index contributed by atoms with van der Waals surface area (Å²) in [6.45, 7) is 4.20. The highest BCUT2D eigenvalue weighted by Gasteiger charge is 2.10. The van der Waals surface area contributed by atoms with Crippen LogP contribution in [0.25, 0.3) is 22.0 Å². The van der Waals surface area contributed by atoms with Gasteiger partial charge in [-0.1, -0.05) is 12.1 Å². The minimum atomic E-state index is 0.482. The molecule has 6 nitrogen and oxygen atoms in total. The van der Waals surface area contributed by atoms with Crippen molar-refractivity contribution in [1.82, 2.24) is 15.0 Å². The fraction of sp³-hybridized carbons (Fsp3) is 0.0741. The number of nitrogens with one attached hydrogen (secondary N) is 3. The number of aryl methyl sites for hydroxylation is 2. The molecule has 0 saturated heterocycles. The molecule has 5 rings (SSSR count). The van der Waals surface area contributed by atoms with E-state index in [1.807, 2.05) is 24.4 Å². The van der Waals surface area contributed by atoms with E-state index < -0.39 is 0 Å². The van der Waals surface area contributed by atoms with E-state index in [1.165, 1.54) is 16.5 Å². The summed E-state index contributed by atoms with van der Waals surface area (Å²) >= 11 is 0. The Hall–Kier alpha value is -4.63. The Kier molecular flexibility index (Phi) is 5.21. The number of fused-ring (bicyclic) bond motifs is 1. The van der Waals surface area contributed by atoms with Crippen LogP contribution in [0.4, 0.5) is 23.1 Å². The maximum Gasteiger partial charge on any atom is 0.229 e. The van der Waals surface area contributed by atoms with Crippen molar-refractivity contribution in [2.24, 2.45) is 0 Å². The van der Waals surface area contributed by atoms with Gasteiger partial charge < -0.3 is 15.6 Å². The van der Waals surface area contributed by atoms with Crippen molar-refractivity contribution in [3.05, 3.63) is 95.8 Å². The van der Waals surface area contributed by atoms with E-state index in [4.69, 9.17) is 5.26 Å². The number of hydrogen-bond donors (Lipinski definition) is 3. The fourth-order valence-corrected chi connectivity index (χ4v) is 3.93. The first kappa shape index (κ1) is 20.3. The lowest BCUT2D eigenvalue weighted by Crippen LogP contribution is -2.02. The Balaban J connectivity index is 1.38. The molecule has 0 radical (unpaired) electrons. The molecule has 2 heterocycles. The van der Waals surface area contributed by atoms with Crippen molar-refractivity contribution >= 4 is 34.0 Å². The largest absolute Gasteiger partial charge is 0.361 e. The number of hydrogen-bond acceptors (Lipinski definition) is 5. The van der Waals surface area contributed by atoms with Crippen molar-refractivity contribution in [2.45, 2.75) is 13.8 Å². The van der Waals surface area contributed by atoms with Crippen LogP contribution in [0.3, 0.4) is 0 Å². The zero-order chi connectivity index (χ0) is 22.8. The van der Waals surface area contributed by atoms with E-state index in [-0.39, 0.29) is 0 Å². The summed E-state index contributed by atoms with van der Waals surface area (Å²) in [4.78, 5) is 12.2. The van der Waals surface area contributed by atoms with Crippen LogP contribution in [-0.2, 0) is 0 Å². The molecule has 0 aliphatic heterocycles. The highest BCUT2D eigenvalue weighted by atomic mass is 15.1. The predicted octanol–water partition coefficient (Wildman–Crippen LogP) is 6.60. The van der Waals surface area contributed by atoms with Crippen LogP contribution in [0.15, 0.2) is 79.1 Å². The van der Waals surface area contributed by atoms with Gasteiger partial charge in [-0.25, -0.2) is 4.98 Å². The molecule has 0 aliphatic carbocycles. The normalized spacial score (nSPS) is 10.7. The lowest BCUT2D eigenvalue weighted by Gasteiger charge is -2.15. The van der Waals surface area contributed by atoms with Gasteiger partial charge >= 0.3 is 0 Å². The Labute approximate surface area is 192 Å². The number of aromatic nitrogens is 3. The monoisotopic (exact) mass is 430 g/mol. The molecule has 0 fully saturated rings. The van der Waals surface area contributed by atoms with Crippen LogP contribution in [0.1, 0.15) is 16.7 Å². The Morgan fingerprint density at radius 2 is 1.64 bits per heavy atom. The van der Waals surface area contributed by atoms with Gasteiger partial charge in [0, 0.05) is 29.3 Å². The number of rotatable bonds is 5. The van der Waals surface area contributed by atoms with Crippen molar-refractivity contribution in [3.8, 4) is 17.2 Å². The van der Waals surface area contributed by atoms with Gasteiger partial charge in [-0.15, -0.1) is 0 Å². The van der Waals surface area contributed by atoms with E-state index >= 15 is 0 Å². The summed E-state index contributed by atoms with van der Waals surface area (Å²) in [6, 6.07) is 24.1. The average Bonchev–Trinajstić information content (AvgIpc) is 3.30. The molecule has 2 aromatic heterocycles. The second kappa shape index (κ2) is 8.48. The smallest absolute Gasteiger partial charge is 0.229 e. The molecule has 0 amide bonds. The van der Waals surface area contributed by atoms with Crippen LogP contribution >= 0.6 is 0 Å². The standard InChI is InChI=1S/C27H22N6/c1-17-13-22(21-6-5-20-9-11-29-24(20)15-21)14-18(2)26(17)32-25-10-12-30-27(33-25)31-23-7-3-19(16-28)4-8-23/h3-15,29H,1-2H3,(H2,30,31,32,33). The summed E-state index contributed by atoms with van der Waals surface area (Å²) < 4.78 is 0. The van der Waals surface area contributed by atoms with Crippen molar-refractivity contribution < 1.29 is 0 Å². The highest BCUT2D eigenvalue weighted by molar-refractivity contribution is 5.85. The van der Waals surface area contributed by atoms with Crippen LogP contribution in [0.5, 0.6) is 0 Å². The van der Waals surface area contributed by atoms with Crippen molar-refractivity contribution in [3.63, 3.8) is 0 Å². The van der Waals surface area contributed by atoms with Gasteiger partial charge in [0.25, 0.3) is 0 Å². The third kappa shape index (κ3) is 4.25. The first-order valence-electron chi connectivity index (χ1n) is 10.6. The first-order chi connectivity index (χ1) is 16.1. The summed E-state index contributed by atoms with van der Waals surface area (Å²) in [5.74, 6) is 1.18. The molecule has 160 valence electrons. The molecule has 6 heteroatoms. The van der Waals surface area contributed by atoms with Crippen molar-refractivity contribution in [2.75, 3.05) is 10.6 Å². The van der Waals surface area contributed by atoms with E-state index in [0.717, 1.165) is 28.0 Å². The SMILES string of the molecule is Cc1cc(-c2ccc3cc[nH]c3c2)cc(C)c1Nc1ccnc(Nc2ccc(C#N)cc2)n1. The zero-order valence-electron chi connectivity index (χ0n) is 18.3. The van der Waals surface area contributed by atoms with E-state index in [1.54, 1.807) is 18.3 Å². The molecule has 0 aliphatic rings. The molecule has 33 heavy (non-hydrogen) atoms. The minimum absolute atomic E-state index is 0.482. The molecular formula is C27H22N6. The summed E-state index contributed by atoms with van der Waals surface area (Å²) in [6.07, 6.45) is 3.68. The predicted molar refractivity (Wildman–Crippen MR) is 133 cm³/mol. The Morgan fingerprint density at radius 1 is 0.848 bits per heavy atom. The molecule has 3 aromatic carbocycles. The van der Waals surface area contributed by atoms with Crippen LogP contribution < -0.4 is 10.6 Å². The molecular weight excluding hydrogens is 408 g/mol. The van der Waals surface area contributed by atoms with E-state index in [0.29, 0.717) is 17.3 Å². The van der Waals surface area contributed by atoms with Gasteiger partial charge in [-0.3, -0.25) is 0 Å². The number of anilines is 4. The third-order valence-electron chi connectivity index (χ3n) is 5.60. The molecule has 0 spiro atoms. The minimum Gasteiger partial charge on any atom is -0.361 e. The molecule has 0 unspecified atom stereocenters. The maximum atomic E-state index is 8.95. The number of benzene rings is 3. The second-order valence-corrected chi connectivity index (χ2v) is 7.97. The topological polar surface area (TPSA) is 89.4 Å². The van der Waals surface area contributed by atoms with Crippen LogP contribution in [0.2, 0.25) is 0 Å². The van der Waals surface area contributed by atoms with E-state index in [2.05, 4.69) is 81.9 Å². The molecule has 0 saturated carbocycles. The fourth-order valence-electron chi connectivity index (χ4n) is 3.93. The third-order valence-corrected chi connectivity index (χ3v) is 5.60. The number of nitrogens with zero attached hydrogens (tertiary/aromatic N) is 3. The van der Waals surface area contributed by atoms with Crippen LogP contribution in [0, 0.1) is 25.2 Å². The second-order valence-electron chi connectivity index (χ2n) is 7.97. The summed E-state index contributed by atoms with van der Waals surface area (Å²) in [5, 5.41) is 16.8.